The van der Waals surface area contributed by atoms with E-state index in [1.54, 1.807) is 19.3 Å². The molecule has 0 aliphatic carbocycles. The maximum absolute atomic E-state index is 11.9. The lowest BCUT2D eigenvalue weighted by Crippen LogP contribution is -2.51. The van der Waals surface area contributed by atoms with Crippen LogP contribution in [0, 0.1) is 0 Å². The number of thioether (sulfide) groups is 1. The van der Waals surface area contributed by atoms with E-state index < -0.39 is 5.97 Å². The van der Waals surface area contributed by atoms with Crippen LogP contribution in [0.2, 0.25) is 0 Å². The van der Waals surface area contributed by atoms with Crippen LogP contribution in [0.1, 0.15) is 5.69 Å². The molecule has 92 valence electrons. The molecule has 8 heteroatoms. The van der Waals surface area contributed by atoms with Crippen molar-refractivity contribution in [1.82, 2.24) is 19.9 Å². The van der Waals surface area contributed by atoms with Crippen LogP contribution in [0.3, 0.4) is 0 Å². The Morgan fingerprint density at radius 2 is 2.39 bits per heavy atom. The second-order valence-electron chi connectivity index (χ2n) is 3.89. The molecule has 1 aromatic rings. The van der Waals surface area contributed by atoms with E-state index in [0.717, 1.165) is 0 Å². The molecule has 1 aromatic heterocycles. The third-order valence-electron chi connectivity index (χ3n) is 2.68. The summed E-state index contributed by atoms with van der Waals surface area (Å²) >= 11 is 1.31. The first kappa shape index (κ1) is 11.0. The van der Waals surface area contributed by atoms with Crippen molar-refractivity contribution >= 4 is 29.7 Å². The largest absolute Gasteiger partial charge is 0.477 e. The van der Waals surface area contributed by atoms with Gasteiger partial charge in [-0.3, -0.25) is 14.4 Å². The SMILES string of the molecule is Cn1cc(/C=C2/C(=O)N3C(C(=O)O)=CSC23)nn1. The van der Waals surface area contributed by atoms with Gasteiger partial charge in [0.05, 0.1) is 11.8 Å². The van der Waals surface area contributed by atoms with Crippen molar-refractivity contribution in [2.75, 3.05) is 0 Å². The summed E-state index contributed by atoms with van der Waals surface area (Å²) in [4.78, 5) is 24.0. The highest BCUT2D eigenvalue weighted by Gasteiger charge is 2.49. The van der Waals surface area contributed by atoms with Gasteiger partial charge in [0.2, 0.25) is 0 Å². The minimum Gasteiger partial charge on any atom is -0.477 e. The molecule has 1 amide bonds. The van der Waals surface area contributed by atoms with E-state index >= 15 is 0 Å². The lowest BCUT2D eigenvalue weighted by Gasteiger charge is -2.36. The molecule has 18 heavy (non-hydrogen) atoms. The number of hydrogen-bond acceptors (Lipinski definition) is 5. The predicted molar refractivity (Wildman–Crippen MR) is 62.9 cm³/mol. The second-order valence-corrected chi connectivity index (χ2v) is 4.84. The normalized spacial score (nSPS) is 23.9. The van der Waals surface area contributed by atoms with Gasteiger partial charge < -0.3 is 5.11 Å². The fraction of sp³-hybridized carbons (Fsp3) is 0.200. The van der Waals surface area contributed by atoms with Gasteiger partial charge in [0.25, 0.3) is 5.91 Å². The van der Waals surface area contributed by atoms with E-state index in [0.29, 0.717) is 11.3 Å². The molecule has 0 aromatic carbocycles. The molecule has 0 radical (unpaired) electrons. The van der Waals surface area contributed by atoms with Gasteiger partial charge in [-0.25, -0.2) is 4.79 Å². The monoisotopic (exact) mass is 264 g/mol. The molecule has 1 fully saturated rings. The molecular formula is C10H8N4O3S. The van der Waals surface area contributed by atoms with Crippen LogP contribution in [-0.2, 0) is 16.6 Å². The van der Waals surface area contributed by atoms with Gasteiger partial charge in [-0.15, -0.1) is 16.9 Å². The number of β-lactam (4-membered cyclic amide) rings is 1. The topological polar surface area (TPSA) is 88.3 Å². The first-order valence-electron chi connectivity index (χ1n) is 5.08. The number of carboxylic acids is 1. The Morgan fingerprint density at radius 3 is 3.00 bits per heavy atom. The molecule has 3 heterocycles. The van der Waals surface area contributed by atoms with E-state index in [-0.39, 0.29) is 17.0 Å². The van der Waals surface area contributed by atoms with Gasteiger partial charge >= 0.3 is 5.97 Å². The summed E-state index contributed by atoms with van der Waals surface area (Å²) in [5.41, 5.74) is 1.17. The Bertz CT molecular complexity index is 618. The summed E-state index contributed by atoms with van der Waals surface area (Å²) in [7, 11) is 1.73. The molecule has 1 atom stereocenters. The Labute approximate surface area is 106 Å². The van der Waals surface area contributed by atoms with E-state index in [9.17, 15) is 9.59 Å². The molecule has 0 saturated carbocycles. The highest BCUT2D eigenvalue weighted by Crippen LogP contribution is 2.44. The summed E-state index contributed by atoms with van der Waals surface area (Å²) in [6, 6.07) is 0. The highest BCUT2D eigenvalue weighted by atomic mass is 32.2. The zero-order valence-electron chi connectivity index (χ0n) is 9.27. The zero-order chi connectivity index (χ0) is 12.9. The number of rotatable bonds is 2. The van der Waals surface area contributed by atoms with Crippen molar-refractivity contribution in [2.45, 2.75) is 5.37 Å². The Balaban J connectivity index is 1.86. The molecule has 0 spiro atoms. The van der Waals surface area contributed by atoms with E-state index in [1.807, 2.05) is 0 Å². The third-order valence-corrected chi connectivity index (χ3v) is 3.76. The van der Waals surface area contributed by atoms with Crippen molar-refractivity contribution < 1.29 is 14.7 Å². The molecule has 1 saturated heterocycles. The number of carbonyl (C=O) groups excluding carboxylic acids is 1. The van der Waals surface area contributed by atoms with Crippen LogP contribution in [0.4, 0.5) is 0 Å². The number of nitrogens with zero attached hydrogens (tertiary/aromatic N) is 4. The number of carbonyl (C=O) groups is 2. The second kappa shape index (κ2) is 3.70. The summed E-state index contributed by atoms with van der Waals surface area (Å²) in [5.74, 6) is -1.37. The van der Waals surface area contributed by atoms with Crippen LogP contribution in [0.25, 0.3) is 6.08 Å². The predicted octanol–water partition coefficient (Wildman–Crippen LogP) is 0.0396. The van der Waals surface area contributed by atoms with E-state index in [4.69, 9.17) is 5.11 Å². The van der Waals surface area contributed by atoms with Crippen molar-refractivity contribution in [3.8, 4) is 0 Å². The molecule has 0 bridgehead atoms. The van der Waals surface area contributed by atoms with Crippen molar-refractivity contribution in [3.63, 3.8) is 0 Å². The molecule has 1 unspecified atom stereocenters. The minimum absolute atomic E-state index is 0.0336. The maximum Gasteiger partial charge on any atom is 0.353 e. The Kier molecular flexibility index (Phi) is 2.27. The first-order valence-corrected chi connectivity index (χ1v) is 6.02. The van der Waals surface area contributed by atoms with Crippen LogP contribution < -0.4 is 0 Å². The Morgan fingerprint density at radius 1 is 1.61 bits per heavy atom. The van der Waals surface area contributed by atoms with Gasteiger partial charge in [-0.05, 0) is 6.08 Å². The number of fused-ring (bicyclic) bond motifs is 1. The highest BCUT2D eigenvalue weighted by molar-refractivity contribution is 8.03. The molecule has 7 nitrogen and oxygen atoms in total. The van der Waals surface area contributed by atoms with Gasteiger partial charge in [0.1, 0.15) is 16.8 Å². The van der Waals surface area contributed by atoms with Crippen molar-refractivity contribution in [2.24, 2.45) is 7.05 Å². The summed E-state index contributed by atoms with van der Waals surface area (Å²) in [6.07, 6.45) is 3.33. The quantitative estimate of drug-likeness (QED) is 0.599. The van der Waals surface area contributed by atoms with E-state index in [1.165, 1.54) is 26.8 Å². The van der Waals surface area contributed by atoms with Gasteiger partial charge in [0.15, 0.2) is 0 Å². The number of hydrogen-bond donors (Lipinski definition) is 1. The van der Waals surface area contributed by atoms with Crippen LogP contribution in [0.5, 0.6) is 0 Å². The summed E-state index contributed by atoms with van der Waals surface area (Å²) in [5, 5.41) is 17.8. The van der Waals surface area contributed by atoms with Crippen molar-refractivity contribution in [1.29, 1.82) is 0 Å². The zero-order valence-corrected chi connectivity index (χ0v) is 10.1. The fourth-order valence-corrected chi connectivity index (χ4v) is 2.98. The number of aliphatic carboxylic acids is 1. The fourth-order valence-electron chi connectivity index (χ4n) is 1.86. The molecule has 2 aliphatic heterocycles. The van der Waals surface area contributed by atoms with Crippen LogP contribution in [-0.4, -0.2) is 42.3 Å². The summed E-state index contributed by atoms with van der Waals surface area (Å²) < 4.78 is 1.54. The average Bonchev–Trinajstić information content (AvgIpc) is 2.89. The molecular weight excluding hydrogens is 256 g/mol. The lowest BCUT2D eigenvalue weighted by molar-refractivity contribution is -0.141. The summed E-state index contributed by atoms with van der Waals surface area (Å²) in [6.45, 7) is 0. The van der Waals surface area contributed by atoms with Crippen molar-refractivity contribution in [3.05, 3.63) is 28.6 Å². The smallest absolute Gasteiger partial charge is 0.353 e. The number of aryl methyl sites for hydroxylation is 1. The van der Waals surface area contributed by atoms with Crippen LogP contribution in [0.15, 0.2) is 22.9 Å². The van der Waals surface area contributed by atoms with E-state index in [2.05, 4.69) is 10.3 Å². The lowest BCUT2D eigenvalue weighted by atomic mass is 10.0. The minimum atomic E-state index is -1.09. The van der Waals surface area contributed by atoms with Crippen LogP contribution >= 0.6 is 11.8 Å². The number of carboxylic acid groups (broad SMARTS) is 1. The molecule has 2 aliphatic rings. The first-order chi connectivity index (χ1) is 8.58. The van der Waals surface area contributed by atoms with Gasteiger partial charge in [-0.2, -0.15) is 0 Å². The van der Waals surface area contributed by atoms with Gasteiger partial charge in [-0.1, -0.05) is 5.21 Å². The molecule has 1 N–H and O–H groups in total. The number of aromatic nitrogens is 3. The van der Waals surface area contributed by atoms with Gasteiger partial charge in [0, 0.05) is 12.5 Å². The molecule has 3 rings (SSSR count). The Hall–Kier alpha value is -2.09. The maximum atomic E-state index is 11.9. The standard InChI is InChI=1S/C10H8N4O3S/c1-13-3-5(11-12-13)2-6-8(15)14-7(10(16)17)4-18-9(6)14/h2-4,9H,1H3,(H,16,17)/b6-2-. The average molecular weight is 264 g/mol. The third kappa shape index (κ3) is 1.46. The number of amides is 1.